The molecule has 170 valence electrons. The first-order chi connectivity index (χ1) is 14.4. The number of hydrogen-bond donors (Lipinski definition) is 0. The van der Waals surface area contributed by atoms with E-state index in [1.54, 1.807) is 35.2 Å². The molecule has 0 atom stereocenters. The maximum Gasteiger partial charge on any atom is 0.264 e. The van der Waals surface area contributed by atoms with Gasteiger partial charge in [0.1, 0.15) is 6.54 Å². The van der Waals surface area contributed by atoms with Crippen LogP contribution in [-0.2, 0) is 20.2 Å². The van der Waals surface area contributed by atoms with Crippen molar-refractivity contribution in [1.82, 2.24) is 4.90 Å². The van der Waals surface area contributed by atoms with E-state index in [-0.39, 0.29) is 22.8 Å². The number of nitrogens with zero attached hydrogens (tertiary/aromatic N) is 3. The highest BCUT2D eigenvalue weighted by Crippen LogP contribution is 2.29. The van der Waals surface area contributed by atoms with Gasteiger partial charge >= 0.3 is 0 Å². The van der Waals surface area contributed by atoms with Gasteiger partial charge in [-0.25, -0.2) is 8.42 Å². The van der Waals surface area contributed by atoms with Crippen LogP contribution in [-0.4, -0.2) is 53.0 Å². The van der Waals surface area contributed by atoms with Gasteiger partial charge in [-0.05, 0) is 55.2 Å². The average molecular weight is 446 g/mol. The maximum atomic E-state index is 13.7. The number of benzene rings is 2. The number of anilines is 2. The van der Waals surface area contributed by atoms with Crippen molar-refractivity contribution in [2.24, 2.45) is 0 Å². The van der Waals surface area contributed by atoms with Crippen LogP contribution in [0.5, 0.6) is 0 Å². The molecule has 0 heterocycles. The normalized spacial score (nSPS) is 11.8. The zero-order valence-electron chi connectivity index (χ0n) is 19.7. The van der Waals surface area contributed by atoms with Crippen LogP contribution >= 0.6 is 0 Å². The Labute approximate surface area is 187 Å². The smallest absolute Gasteiger partial charge is 0.264 e. The monoisotopic (exact) mass is 445 g/mol. The summed E-state index contributed by atoms with van der Waals surface area (Å²) in [6.07, 6.45) is 0. The van der Waals surface area contributed by atoms with Crippen molar-refractivity contribution in [3.63, 3.8) is 0 Å². The molecule has 0 N–H and O–H groups in total. The van der Waals surface area contributed by atoms with E-state index in [0.29, 0.717) is 18.8 Å². The summed E-state index contributed by atoms with van der Waals surface area (Å²) in [5, 5.41) is 0. The van der Waals surface area contributed by atoms with Gasteiger partial charge in [-0.1, -0.05) is 39.0 Å². The summed E-state index contributed by atoms with van der Waals surface area (Å²) in [5.74, 6) is -0.227. The van der Waals surface area contributed by atoms with Crippen molar-refractivity contribution in [2.75, 3.05) is 42.9 Å². The first-order valence-corrected chi connectivity index (χ1v) is 12.0. The third kappa shape index (κ3) is 5.79. The first kappa shape index (κ1) is 24.7. The van der Waals surface area contributed by atoms with E-state index in [9.17, 15) is 13.2 Å². The zero-order chi connectivity index (χ0) is 23.4. The fourth-order valence-electron chi connectivity index (χ4n) is 3.29. The van der Waals surface area contributed by atoms with E-state index in [1.807, 2.05) is 51.0 Å². The Morgan fingerprint density at radius 3 is 1.94 bits per heavy atom. The Morgan fingerprint density at radius 1 is 0.903 bits per heavy atom. The van der Waals surface area contributed by atoms with E-state index in [0.717, 1.165) is 11.3 Å². The fourth-order valence-corrected chi connectivity index (χ4v) is 4.70. The van der Waals surface area contributed by atoms with Gasteiger partial charge in [0.05, 0.1) is 10.6 Å². The fraction of sp³-hybridized carbons (Fsp3) is 0.458. The van der Waals surface area contributed by atoms with Gasteiger partial charge in [0.25, 0.3) is 10.0 Å². The lowest BCUT2D eigenvalue weighted by atomic mass is 9.87. The molecule has 0 radical (unpaired) electrons. The highest BCUT2D eigenvalue weighted by Gasteiger charge is 2.29. The van der Waals surface area contributed by atoms with Gasteiger partial charge in [-0.15, -0.1) is 0 Å². The first-order valence-electron chi connectivity index (χ1n) is 10.6. The summed E-state index contributed by atoms with van der Waals surface area (Å²) in [7, 11) is -0.150. The number of carbonyl (C=O) groups is 1. The number of likely N-dealkylation sites (N-methyl/N-ethyl adjacent to an activating group) is 1. The Kier molecular flexibility index (Phi) is 7.76. The quantitative estimate of drug-likeness (QED) is 0.613. The lowest BCUT2D eigenvalue weighted by molar-refractivity contribution is -0.129. The summed E-state index contributed by atoms with van der Waals surface area (Å²) < 4.78 is 28.5. The molecule has 0 spiro atoms. The van der Waals surface area contributed by atoms with Gasteiger partial charge in [-0.3, -0.25) is 9.10 Å². The van der Waals surface area contributed by atoms with E-state index in [1.165, 1.54) is 4.31 Å². The minimum Gasteiger partial charge on any atom is -0.378 e. The summed E-state index contributed by atoms with van der Waals surface area (Å²) in [5.41, 5.74) is 2.29. The van der Waals surface area contributed by atoms with Gasteiger partial charge in [-0.2, -0.15) is 0 Å². The van der Waals surface area contributed by atoms with Crippen LogP contribution in [0.3, 0.4) is 0 Å². The highest BCUT2D eigenvalue weighted by molar-refractivity contribution is 7.92. The van der Waals surface area contributed by atoms with Crippen molar-refractivity contribution >= 4 is 27.3 Å². The molecule has 0 saturated heterocycles. The second-order valence-electron chi connectivity index (χ2n) is 8.77. The molecule has 0 fully saturated rings. The van der Waals surface area contributed by atoms with Crippen molar-refractivity contribution in [3.05, 3.63) is 54.1 Å². The molecule has 0 bridgehead atoms. The van der Waals surface area contributed by atoms with Gasteiger partial charge in [0.15, 0.2) is 0 Å². The predicted molar refractivity (Wildman–Crippen MR) is 128 cm³/mol. The van der Waals surface area contributed by atoms with Gasteiger partial charge in [0.2, 0.25) is 5.91 Å². The molecule has 2 aromatic rings. The maximum absolute atomic E-state index is 13.7. The van der Waals surface area contributed by atoms with Crippen molar-refractivity contribution in [1.29, 1.82) is 0 Å². The second kappa shape index (κ2) is 9.73. The number of hydrogen-bond acceptors (Lipinski definition) is 4. The molecule has 0 unspecified atom stereocenters. The lowest BCUT2D eigenvalue weighted by Crippen LogP contribution is -2.43. The van der Waals surface area contributed by atoms with Crippen molar-refractivity contribution in [2.45, 2.75) is 44.9 Å². The van der Waals surface area contributed by atoms with Crippen LogP contribution in [0.2, 0.25) is 0 Å². The molecular formula is C24H35N3O3S. The second-order valence-corrected chi connectivity index (χ2v) is 10.6. The Bertz CT molecular complexity index is 989. The number of rotatable bonds is 8. The molecule has 0 aliphatic carbocycles. The van der Waals surface area contributed by atoms with Crippen LogP contribution in [0, 0.1) is 0 Å². The largest absolute Gasteiger partial charge is 0.378 e. The lowest BCUT2D eigenvalue weighted by Gasteiger charge is -2.28. The van der Waals surface area contributed by atoms with Gasteiger partial charge in [0, 0.05) is 32.9 Å². The Hall–Kier alpha value is -2.54. The standard InChI is InChI=1S/C24H35N3O3S/c1-8-26(9-2)23(28)18-27(21-12-10-11-20(17-21)25(6)7)31(29,30)22-15-13-19(14-16-22)24(3,4)5/h10-17H,8-9,18H2,1-7H3. The molecule has 1 amide bonds. The van der Waals surface area contributed by atoms with Crippen LogP contribution < -0.4 is 9.21 Å². The molecule has 0 aliphatic rings. The topological polar surface area (TPSA) is 60.9 Å². The number of sulfonamides is 1. The van der Waals surface area contributed by atoms with Gasteiger partial charge < -0.3 is 9.80 Å². The zero-order valence-corrected chi connectivity index (χ0v) is 20.5. The minimum absolute atomic E-state index is 0.0826. The predicted octanol–water partition coefficient (Wildman–Crippen LogP) is 4.11. The highest BCUT2D eigenvalue weighted by atomic mass is 32.2. The molecule has 31 heavy (non-hydrogen) atoms. The summed E-state index contributed by atoms with van der Waals surface area (Å²) in [6, 6.07) is 14.2. The molecule has 0 aliphatic heterocycles. The molecule has 7 heteroatoms. The molecule has 6 nitrogen and oxygen atoms in total. The third-order valence-corrected chi connectivity index (χ3v) is 7.13. The molecule has 2 rings (SSSR count). The van der Waals surface area contributed by atoms with E-state index < -0.39 is 10.0 Å². The molecule has 2 aromatic carbocycles. The van der Waals surface area contributed by atoms with Crippen LogP contribution in [0.1, 0.15) is 40.2 Å². The average Bonchev–Trinajstić information content (AvgIpc) is 2.72. The SMILES string of the molecule is CCN(CC)C(=O)CN(c1cccc(N(C)C)c1)S(=O)(=O)c1ccc(C(C)(C)C)cc1. The number of amides is 1. The molecule has 0 aromatic heterocycles. The third-order valence-electron chi connectivity index (χ3n) is 5.34. The van der Waals surface area contributed by atoms with Crippen LogP contribution in [0.25, 0.3) is 0 Å². The summed E-state index contributed by atoms with van der Waals surface area (Å²) >= 11 is 0. The van der Waals surface area contributed by atoms with Crippen molar-refractivity contribution < 1.29 is 13.2 Å². The van der Waals surface area contributed by atoms with Crippen molar-refractivity contribution in [3.8, 4) is 0 Å². The van der Waals surface area contributed by atoms with E-state index >= 15 is 0 Å². The minimum atomic E-state index is -3.94. The summed E-state index contributed by atoms with van der Waals surface area (Å²) in [4.78, 5) is 16.6. The molecule has 0 saturated carbocycles. The Balaban J connectivity index is 2.55. The van der Waals surface area contributed by atoms with E-state index in [2.05, 4.69) is 20.8 Å². The summed E-state index contributed by atoms with van der Waals surface area (Å²) in [6.45, 7) is 10.8. The van der Waals surface area contributed by atoms with E-state index in [4.69, 9.17) is 0 Å². The van der Waals surface area contributed by atoms with Crippen LogP contribution in [0.15, 0.2) is 53.4 Å². The molecular weight excluding hydrogens is 410 g/mol. The van der Waals surface area contributed by atoms with Crippen LogP contribution in [0.4, 0.5) is 11.4 Å². The number of carbonyl (C=O) groups excluding carboxylic acids is 1. The Morgan fingerprint density at radius 2 is 1.45 bits per heavy atom.